The minimum absolute atomic E-state index is 0.0161. The molecule has 4 nitrogen and oxygen atoms in total. The number of rotatable bonds is 11. The van der Waals surface area contributed by atoms with Gasteiger partial charge in [-0.05, 0) is 38.6 Å². The fourth-order valence-corrected chi connectivity index (χ4v) is 4.29. The first-order valence-electron chi connectivity index (χ1n) is 12.2. The van der Waals surface area contributed by atoms with Crippen LogP contribution in [-0.4, -0.2) is 36.9 Å². The Hall–Kier alpha value is -3.37. The van der Waals surface area contributed by atoms with E-state index in [4.69, 9.17) is 9.15 Å². The maximum atomic E-state index is 13.6. The molecule has 0 saturated carbocycles. The molecule has 176 valence electrons. The van der Waals surface area contributed by atoms with E-state index in [9.17, 15) is 4.79 Å². The fraction of sp³-hybridized carbons (Fsp3) is 0.300. The highest BCUT2D eigenvalue weighted by molar-refractivity contribution is 6.16. The third-order valence-corrected chi connectivity index (χ3v) is 6.30. The largest absolute Gasteiger partial charge is 0.493 e. The molecule has 0 aliphatic carbocycles. The lowest BCUT2D eigenvalue weighted by Crippen LogP contribution is -2.25. The summed E-state index contributed by atoms with van der Waals surface area (Å²) >= 11 is 0. The molecule has 0 amide bonds. The number of benzene rings is 3. The molecule has 0 N–H and O–H groups in total. The Kier molecular flexibility index (Phi) is 7.81. The lowest BCUT2D eigenvalue weighted by molar-refractivity contribution is 0.103. The molecule has 0 radical (unpaired) electrons. The minimum atomic E-state index is -0.0161. The third kappa shape index (κ3) is 5.40. The maximum absolute atomic E-state index is 13.6. The standard InChI is InChI=1S/C30H33NO3/c1-4-31(5-2)19-10-20-33-26-13-8-6-11-24(26)21-28-29(25-12-7-9-14-27(25)34-28)30(32)23-17-15-22(3)16-18-23/h6-9,11-18H,4-5,10,19-21H2,1-3H3. The van der Waals surface area contributed by atoms with Gasteiger partial charge in [-0.2, -0.15) is 0 Å². The summed E-state index contributed by atoms with van der Waals surface area (Å²) in [6.07, 6.45) is 1.46. The number of para-hydroxylation sites is 2. The molecule has 4 aromatic rings. The van der Waals surface area contributed by atoms with Gasteiger partial charge in [0.25, 0.3) is 0 Å². The van der Waals surface area contributed by atoms with E-state index in [1.54, 1.807) is 0 Å². The molecule has 0 unspecified atom stereocenters. The second-order valence-electron chi connectivity index (χ2n) is 8.60. The average Bonchev–Trinajstić information content (AvgIpc) is 3.23. The van der Waals surface area contributed by atoms with Crippen molar-refractivity contribution in [2.24, 2.45) is 0 Å². The van der Waals surface area contributed by atoms with Crippen molar-refractivity contribution in [1.82, 2.24) is 4.90 Å². The number of carbonyl (C=O) groups excluding carboxylic acids is 1. The molecular formula is C30H33NO3. The number of hydrogen-bond acceptors (Lipinski definition) is 4. The van der Waals surface area contributed by atoms with E-state index < -0.39 is 0 Å². The second kappa shape index (κ2) is 11.2. The van der Waals surface area contributed by atoms with Gasteiger partial charge in [0.2, 0.25) is 0 Å². The van der Waals surface area contributed by atoms with Crippen LogP contribution >= 0.6 is 0 Å². The summed E-state index contributed by atoms with van der Waals surface area (Å²) < 4.78 is 12.4. The van der Waals surface area contributed by atoms with Crippen molar-refractivity contribution in [2.75, 3.05) is 26.2 Å². The Morgan fingerprint density at radius 3 is 2.38 bits per heavy atom. The van der Waals surface area contributed by atoms with E-state index in [-0.39, 0.29) is 5.78 Å². The van der Waals surface area contributed by atoms with E-state index in [1.165, 1.54) is 0 Å². The molecule has 0 bridgehead atoms. The fourth-order valence-electron chi connectivity index (χ4n) is 4.29. The van der Waals surface area contributed by atoms with E-state index in [2.05, 4.69) is 18.7 Å². The van der Waals surface area contributed by atoms with Gasteiger partial charge in [0, 0.05) is 29.5 Å². The summed E-state index contributed by atoms with van der Waals surface area (Å²) in [4.78, 5) is 16.0. The number of ether oxygens (including phenoxy) is 1. The lowest BCUT2D eigenvalue weighted by atomic mass is 9.97. The number of ketones is 1. The van der Waals surface area contributed by atoms with Crippen molar-refractivity contribution >= 4 is 16.8 Å². The van der Waals surface area contributed by atoms with Crippen molar-refractivity contribution < 1.29 is 13.9 Å². The SMILES string of the molecule is CCN(CC)CCCOc1ccccc1Cc1oc2ccccc2c1C(=O)c1ccc(C)cc1. The van der Waals surface area contributed by atoms with Gasteiger partial charge in [0.15, 0.2) is 5.78 Å². The van der Waals surface area contributed by atoms with E-state index in [1.807, 2.05) is 79.7 Å². The van der Waals surface area contributed by atoms with E-state index in [0.29, 0.717) is 29.9 Å². The minimum Gasteiger partial charge on any atom is -0.493 e. The zero-order chi connectivity index (χ0) is 23.9. The maximum Gasteiger partial charge on any atom is 0.197 e. The smallest absolute Gasteiger partial charge is 0.197 e. The van der Waals surface area contributed by atoms with Gasteiger partial charge in [-0.15, -0.1) is 0 Å². The molecule has 3 aromatic carbocycles. The van der Waals surface area contributed by atoms with Gasteiger partial charge in [-0.25, -0.2) is 0 Å². The van der Waals surface area contributed by atoms with Crippen molar-refractivity contribution in [3.05, 3.63) is 101 Å². The number of nitrogens with zero attached hydrogens (tertiary/aromatic N) is 1. The van der Waals surface area contributed by atoms with Crippen LogP contribution in [0.4, 0.5) is 0 Å². The summed E-state index contributed by atoms with van der Waals surface area (Å²) in [5.41, 5.74) is 4.17. The van der Waals surface area contributed by atoms with Gasteiger partial charge < -0.3 is 14.1 Å². The molecule has 34 heavy (non-hydrogen) atoms. The number of hydrogen-bond donors (Lipinski definition) is 0. The first kappa shape index (κ1) is 23.8. The highest BCUT2D eigenvalue weighted by atomic mass is 16.5. The molecule has 0 saturated heterocycles. The van der Waals surface area contributed by atoms with Crippen LogP contribution in [0.2, 0.25) is 0 Å². The zero-order valence-electron chi connectivity index (χ0n) is 20.3. The van der Waals surface area contributed by atoms with Crippen molar-refractivity contribution in [3.8, 4) is 5.75 Å². The normalized spacial score (nSPS) is 11.3. The van der Waals surface area contributed by atoms with Crippen LogP contribution in [0.5, 0.6) is 5.75 Å². The van der Waals surface area contributed by atoms with Crippen LogP contribution in [-0.2, 0) is 6.42 Å². The van der Waals surface area contributed by atoms with Crippen LogP contribution in [0.25, 0.3) is 11.0 Å². The Morgan fingerprint density at radius 2 is 1.62 bits per heavy atom. The molecule has 0 spiro atoms. The lowest BCUT2D eigenvalue weighted by Gasteiger charge is -2.18. The van der Waals surface area contributed by atoms with Crippen LogP contribution < -0.4 is 4.74 Å². The first-order valence-corrected chi connectivity index (χ1v) is 12.2. The second-order valence-corrected chi connectivity index (χ2v) is 8.60. The molecule has 1 aromatic heterocycles. The predicted molar refractivity (Wildman–Crippen MR) is 138 cm³/mol. The monoisotopic (exact) mass is 455 g/mol. The van der Waals surface area contributed by atoms with Crippen molar-refractivity contribution in [2.45, 2.75) is 33.6 Å². The van der Waals surface area contributed by atoms with Crippen LogP contribution in [0.1, 0.15) is 53.1 Å². The Labute approximate surface area is 202 Å². The average molecular weight is 456 g/mol. The Bertz CT molecular complexity index is 1240. The summed E-state index contributed by atoms with van der Waals surface area (Å²) in [6, 6.07) is 23.5. The topological polar surface area (TPSA) is 42.7 Å². The van der Waals surface area contributed by atoms with Crippen molar-refractivity contribution in [1.29, 1.82) is 0 Å². The van der Waals surface area contributed by atoms with Gasteiger partial charge in [-0.3, -0.25) is 4.79 Å². The quantitative estimate of drug-likeness (QED) is 0.187. The Balaban J connectivity index is 1.60. The zero-order valence-corrected chi connectivity index (χ0v) is 20.3. The molecule has 0 fully saturated rings. The predicted octanol–water partition coefficient (Wildman–Crippen LogP) is 6.67. The highest BCUT2D eigenvalue weighted by Crippen LogP contribution is 2.32. The van der Waals surface area contributed by atoms with Crippen LogP contribution in [0.3, 0.4) is 0 Å². The van der Waals surface area contributed by atoms with Crippen LogP contribution in [0.15, 0.2) is 77.2 Å². The molecule has 4 rings (SSSR count). The molecule has 0 aliphatic heterocycles. The first-order chi connectivity index (χ1) is 16.6. The molecule has 0 aliphatic rings. The van der Waals surface area contributed by atoms with Gasteiger partial charge in [-0.1, -0.05) is 80.1 Å². The Morgan fingerprint density at radius 1 is 0.912 bits per heavy atom. The number of fused-ring (bicyclic) bond motifs is 1. The summed E-state index contributed by atoms with van der Waals surface area (Å²) in [7, 11) is 0. The van der Waals surface area contributed by atoms with Crippen LogP contribution in [0, 0.1) is 6.92 Å². The number of aryl methyl sites for hydroxylation is 1. The highest BCUT2D eigenvalue weighted by Gasteiger charge is 2.23. The third-order valence-electron chi connectivity index (χ3n) is 6.30. The van der Waals surface area contributed by atoms with Crippen molar-refractivity contribution in [3.63, 3.8) is 0 Å². The molecular weight excluding hydrogens is 422 g/mol. The number of carbonyl (C=O) groups is 1. The molecule has 1 heterocycles. The van der Waals surface area contributed by atoms with Gasteiger partial charge in [0.05, 0.1) is 12.2 Å². The van der Waals surface area contributed by atoms with Gasteiger partial charge >= 0.3 is 0 Å². The summed E-state index contributed by atoms with van der Waals surface area (Å²) in [5.74, 6) is 1.50. The number of furan rings is 1. The van der Waals surface area contributed by atoms with E-state index in [0.717, 1.165) is 53.9 Å². The van der Waals surface area contributed by atoms with E-state index >= 15 is 0 Å². The van der Waals surface area contributed by atoms with Gasteiger partial charge in [0.1, 0.15) is 17.1 Å². The summed E-state index contributed by atoms with van der Waals surface area (Å²) in [5, 5.41) is 0.848. The molecule has 4 heteroatoms. The summed E-state index contributed by atoms with van der Waals surface area (Å²) in [6.45, 7) is 10.2. The molecule has 0 atom stereocenters.